The van der Waals surface area contributed by atoms with Crippen LogP contribution in [0.25, 0.3) is 0 Å². The van der Waals surface area contributed by atoms with Crippen molar-refractivity contribution in [2.45, 2.75) is 6.04 Å². The highest BCUT2D eigenvalue weighted by Gasteiger charge is 2.19. The zero-order chi connectivity index (χ0) is 14.4. The minimum atomic E-state index is -0.919. The molecule has 1 fully saturated rings. The Balaban J connectivity index is 1.86. The molecule has 0 bridgehead atoms. The second-order valence-electron chi connectivity index (χ2n) is 4.77. The molecule has 2 rings (SSSR count). The smallest absolute Gasteiger partial charge is 0.325 e. The summed E-state index contributed by atoms with van der Waals surface area (Å²) in [6, 6.07) is 5.48. The highest BCUT2D eigenvalue weighted by Crippen LogP contribution is 2.17. The third-order valence-corrected chi connectivity index (χ3v) is 3.35. The Morgan fingerprint density at radius 3 is 2.55 bits per heavy atom. The van der Waals surface area contributed by atoms with Gasteiger partial charge in [-0.15, -0.1) is 0 Å². The van der Waals surface area contributed by atoms with Crippen LogP contribution in [0.15, 0.2) is 24.3 Å². The number of hydrogen-bond acceptors (Lipinski definition) is 5. The lowest BCUT2D eigenvalue weighted by molar-refractivity contribution is -0.139. The molecule has 110 valence electrons. The Morgan fingerprint density at radius 1 is 1.30 bits per heavy atom. The van der Waals surface area contributed by atoms with Gasteiger partial charge >= 0.3 is 5.97 Å². The topological polar surface area (TPSA) is 82.0 Å². The van der Waals surface area contributed by atoms with Crippen molar-refractivity contribution in [1.29, 1.82) is 0 Å². The van der Waals surface area contributed by atoms with Crippen molar-refractivity contribution in [2.24, 2.45) is 0 Å². The van der Waals surface area contributed by atoms with Gasteiger partial charge in [0.1, 0.15) is 11.8 Å². The number of hydrogen-bond donors (Lipinski definition) is 3. The normalized spacial score (nSPS) is 17.8. The number of carboxylic acids is 1. The Bertz CT molecular complexity index is 429. The van der Waals surface area contributed by atoms with E-state index in [1.807, 2.05) is 0 Å². The van der Waals surface area contributed by atoms with E-state index in [-0.39, 0.29) is 5.75 Å². The van der Waals surface area contributed by atoms with Gasteiger partial charge in [0.25, 0.3) is 0 Å². The van der Waals surface area contributed by atoms with Crippen LogP contribution in [0, 0.1) is 0 Å². The fourth-order valence-electron chi connectivity index (χ4n) is 2.21. The summed E-state index contributed by atoms with van der Waals surface area (Å²) >= 11 is 0. The van der Waals surface area contributed by atoms with Crippen molar-refractivity contribution < 1.29 is 19.7 Å². The molecule has 0 aliphatic carbocycles. The molecule has 1 aromatic carbocycles. The fraction of sp³-hybridized carbons (Fsp3) is 0.500. The molecule has 3 N–H and O–H groups in total. The van der Waals surface area contributed by atoms with Crippen molar-refractivity contribution in [3.63, 3.8) is 0 Å². The molecule has 0 saturated carbocycles. The number of ether oxygens (including phenoxy) is 1. The number of aliphatic carboxylic acids is 1. The molecule has 6 heteroatoms. The second kappa shape index (κ2) is 7.23. The zero-order valence-corrected chi connectivity index (χ0v) is 11.3. The number of nitrogens with zero attached hydrogens (tertiary/aromatic N) is 1. The number of morpholine rings is 1. The van der Waals surface area contributed by atoms with Gasteiger partial charge in [0.15, 0.2) is 0 Å². The van der Waals surface area contributed by atoms with E-state index in [0.717, 1.165) is 32.8 Å². The standard InChI is InChI=1S/C14H20N2O4/c17-12-3-1-11(2-4-12)13(14(18)19)15-5-6-16-7-9-20-10-8-16/h1-4,13,15,17H,5-10H2,(H,18,19). The first-order chi connectivity index (χ1) is 9.66. The van der Waals surface area contributed by atoms with Gasteiger partial charge in [-0.05, 0) is 17.7 Å². The summed E-state index contributed by atoms with van der Waals surface area (Å²) in [4.78, 5) is 13.6. The highest BCUT2D eigenvalue weighted by atomic mass is 16.5. The first-order valence-electron chi connectivity index (χ1n) is 6.72. The SMILES string of the molecule is O=C(O)C(NCCN1CCOCC1)c1ccc(O)cc1. The van der Waals surface area contributed by atoms with Gasteiger partial charge in [0.2, 0.25) is 0 Å². The maximum atomic E-state index is 11.3. The second-order valence-corrected chi connectivity index (χ2v) is 4.77. The molecular weight excluding hydrogens is 260 g/mol. The Morgan fingerprint density at radius 2 is 1.95 bits per heavy atom. The summed E-state index contributed by atoms with van der Waals surface area (Å²) in [6.45, 7) is 4.64. The molecule has 1 aliphatic rings. The van der Waals surface area contributed by atoms with Crippen molar-refractivity contribution in [3.05, 3.63) is 29.8 Å². The van der Waals surface area contributed by atoms with E-state index in [0.29, 0.717) is 12.1 Å². The molecule has 1 aromatic rings. The molecule has 1 aliphatic heterocycles. The summed E-state index contributed by atoms with van der Waals surface area (Å²) in [5, 5.41) is 21.5. The van der Waals surface area contributed by atoms with E-state index in [9.17, 15) is 15.0 Å². The lowest BCUT2D eigenvalue weighted by Crippen LogP contribution is -2.41. The number of carboxylic acid groups (broad SMARTS) is 1. The maximum absolute atomic E-state index is 11.3. The Kier molecular flexibility index (Phi) is 5.34. The van der Waals surface area contributed by atoms with Crippen LogP contribution in [0.1, 0.15) is 11.6 Å². The summed E-state index contributed by atoms with van der Waals surface area (Å²) in [6.07, 6.45) is 0. The minimum Gasteiger partial charge on any atom is -0.508 e. The van der Waals surface area contributed by atoms with Crippen LogP contribution in [-0.2, 0) is 9.53 Å². The number of phenolic OH excluding ortho intramolecular Hbond substituents is 1. The van der Waals surface area contributed by atoms with Crippen molar-refractivity contribution in [2.75, 3.05) is 39.4 Å². The van der Waals surface area contributed by atoms with Gasteiger partial charge in [-0.2, -0.15) is 0 Å². The predicted molar refractivity (Wildman–Crippen MR) is 73.7 cm³/mol. The number of benzene rings is 1. The molecule has 0 spiro atoms. The average molecular weight is 280 g/mol. The number of rotatable bonds is 6. The first-order valence-corrected chi connectivity index (χ1v) is 6.72. The van der Waals surface area contributed by atoms with Crippen LogP contribution in [0.4, 0.5) is 0 Å². The third-order valence-electron chi connectivity index (χ3n) is 3.35. The van der Waals surface area contributed by atoms with Crippen molar-refractivity contribution in [1.82, 2.24) is 10.2 Å². The number of carbonyl (C=O) groups is 1. The summed E-state index contributed by atoms with van der Waals surface area (Å²) in [5.41, 5.74) is 0.636. The average Bonchev–Trinajstić information content (AvgIpc) is 2.46. The van der Waals surface area contributed by atoms with E-state index < -0.39 is 12.0 Å². The Hall–Kier alpha value is -1.63. The molecule has 1 unspecified atom stereocenters. The number of phenols is 1. The van der Waals surface area contributed by atoms with Gasteiger partial charge < -0.3 is 14.9 Å². The molecular formula is C14H20N2O4. The Labute approximate surface area is 118 Å². The fourth-order valence-corrected chi connectivity index (χ4v) is 2.21. The van der Waals surface area contributed by atoms with Crippen molar-refractivity contribution >= 4 is 5.97 Å². The summed E-state index contributed by atoms with van der Waals surface area (Å²) < 4.78 is 5.27. The van der Waals surface area contributed by atoms with Crippen LogP contribution in [0.5, 0.6) is 5.75 Å². The monoisotopic (exact) mass is 280 g/mol. The molecule has 0 amide bonds. The molecule has 1 atom stereocenters. The van der Waals surface area contributed by atoms with Gasteiger partial charge in [-0.25, -0.2) is 0 Å². The predicted octanol–water partition coefficient (Wildman–Crippen LogP) is 0.440. The van der Waals surface area contributed by atoms with E-state index in [1.54, 1.807) is 12.1 Å². The maximum Gasteiger partial charge on any atom is 0.325 e. The molecule has 20 heavy (non-hydrogen) atoms. The number of aromatic hydroxyl groups is 1. The largest absolute Gasteiger partial charge is 0.508 e. The first kappa shape index (κ1) is 14.8. The highest BCUT2D eigenvalue weighted by molar-refractivity contribution is 5.75. The van der Waals surface area contributed by atoms with E-state index in [1.165, 1.54) is 12.1 Å². The molecule has 6 nitrogen and oxygen atoms in total. The lowest BCUT2D eigenvalue weighted by atomic mass is 10.1. The van der Waals surface area contributed by atoms with Crippen LogP contribution in [0.3, 0.4) is 0 Å². The van der Waals surface area contributed by atoms with Crippen molar-refractivity contribution in [3.8, 4) is 5.75 Å². The van der Waals surface area contributed by atoms with E-state index in [4.69, 9.17) is 4.74 Å². The summed E-state index contributed by atoms with van der Waals surface area (Å²) in [5.74, 6) is -0.788. The van der Waals surface area contributed by atoms with Crippen LogP contribution < -0.4 is 5.32 Å². The van der Waals surface area contributed by atoms with Crippen LogP contribution in [0.2, 0.25) is 0 Å². The van der Waals surface area contributed by atoms with Gasteiger partial charge in [0, 0.05) is 26.2 Å². The van der Waals surface area contributed by atoms with Crippen LogP contribution in [-0.4, -0.2) is 60.5 Å². The van der Waals surface area contributed by atoms with Gasteiger partial charge in [-0.3, -0.25) is 15.0 Å². The molecule has 0 aromatic heterocycles. The number of nitrogens with one attached hydrogen (secondary N) is 1. The summed E-state index contributed by atoms with van der Waals surface area (Å²) in [7, 11) is 0. The molecule has 1 saturated heterocycles. The van der Waals surface area contributed by atoms with Crippen LogP contribution >= 0.6 is 0 Å². The molecule has 0 radical (unpaired) electrons. The lowest BCUT2D eigenvalue weighted by Gasteiger charge is -2.27. The zero-order valence-electron chi connectivity index (χ0n) is 11.3. The van der Waals surface area contributed by atoms with Gasteiger partial charge in [0.05, 0.1) is 13.2 Å². The quantitative estimate of drug-likeness (QED) is 0.701. The minimum absolute atomic E-state index is 0.131. The van der Waals surface area contributed by atoms with E-state index >= 15 is 0 Å². The van der Waals surface area contributed by atoms with E-state index in [2.05, 4.69) is 10.2 Å². The van der Waals surface area contributed by atoms with Gasteiger partial charge in [-0.1, -0.05) is 12.1 Å². The third kappa shape index (κ3) is 4.19. The molecule has 1 heterocycles.